The molecule has 6 aromatic rings. The summed E-state index contributed by atoms with van der Waals surface area (Å²) < 4.78 is 59.8. The minimum Gasteiger partial charge on any atom is -0.494 e. The van der Waals surface area contributed by atoms with Crippen LogP contribution >= 0.6 is 0 Å². The maximum Gasteiger partial charge on any atom is 0.255 e. The van der Waals surface area contributed by atoms with E-state index in [9.17, 15) is 22.0 Å². The van der Waals surface area contributed by atoms with Crippen LogP contribution in [-0.2, 0) is 9.84 Å². The molecule has 0 atom stereocenters. The number of anilines is 4. The number of para-hydroxylation sites is 1. The van der Waals surface area contributed by atoms with Gasteiger partial charge in [0, 0.05) is 93.4 Å². The van der Waals surface area contributed by atoms with E-state index in [2.05, 4.69) is 36.4 Å². The van der Waals surface area contributed by atoms with Crippen LogP contribution in [0.5, 0.6) is 5.75 Å². The van der Waals surface area contributed by atoms with Crippen molar-refractivity contribution in [1.82, 2.24) is 29.2 Å². The number of ether oxygens (including phenoxy) is 1. The first-order valence-corrected chi connectivity index (χ1v) is 22.0. The smallest absolute Gasteiger partial charge is 0.255 e. The van der Waals surface area contributed by atoms with Crippen LogP contribution < -0.4 is 20.3 Å². The van der Waals surface area contributed by atoms with Crippen LogP contribution in [0, 0.1) is 18.6 Å². The van der Waals surface area contributed by atoms with E-state index in [-0.39, 0.29) is 11.3 Å². The molecule has 2 N–H and O–H groups in total. The molecule has 2 aliphatic rings. The number of fused-ring (bicyclic) bond motifs is 1. The molecule has 0 saturated carbocycles. The average molecular weight is 836 g/mol. The first-order chi connectivity index (χ1) is 28.9. The topological polar surface area (TPSA) is 137 Å². The molecule has 0 spiro atoms. The lowest BCUT2D eigenvalue weighted by Crippen LogP contribution is -2.53. The van der Waals surface area contributed by atoms with Gasteiger partial charge in [0.05, 0.1) is 35.6 Å². The Hall–Kier alpha value is -5.97. The average Bonchev–Trinajstić information content (AvgIpc) is 3.66. The third-order valence-corrected chi connectivity index (χ3v) is 12.2. The maximum atomic E-state index is 14.4. The van der Waals surface area contributed by atoms with Crippen LogP contribution in [0.1, 0.15) is 28.8 Å². The van der Waals surface area contributed by atoms with E-state index in [0.29, 0.717) is 58.3 Å². The van der Waals surface area contributed by atoms with E-state index in [0.717, 1.165) is 75.5 Å². The summed E-state index contributed by atoms with van der Waals surface area (Å²) in [7, 11) is -1.32. The molecule has 2 saturated heterocycles. The first-order valence-electron chi connectivity index (χ1n) is 19.9. The second-order valence-corrected chi connectivity index (χ2v) is 17.6. The monoisotopic (exact) mass is 835 g/mol. The third-order valence-electron chi connectivity index (χ3n) is 11.3. The number of amides is 1. The molecule has 60 heavy (non-hydrogen) atoms. The minimum atomic E-state index is -2.96. The second kappa shape index (κ2) is 17.3. The molecular weight excluding hydrogens is 789 g/mol. The van der Waals surface area contributed by atoms with Gasteiger partial charge in [-0.25, -0.2) is 32.2 Å². The highest BCUT2D eigenvalue weighted by Crippen LogP contribution is 2.36. The molecule has 5 heterocycles. The Morgan fingerprint density at radius 2 is 1.65 bits per heavy atom. The number of pyridine rings is 1. The van der Waals surface area contributed by atoms with Crippen molar-refractivity contribution in [2.24, 2.45) is 0 Å². The number of carbonyl (C=O) groups is 1. The molecular formula is C44H47F2N9O4S. The van der Waals surface area contributed by atoms with E-state index in [4.69, 9.17) is 14.7 Å². The van der Waals surface area contributed by atoms with Crippen molar-refractivity contribution in [2.75, 3.05) is 80.5 Å². The Labute approximate surface area is 348 Å². The molecule has 1 amide bonds. The van der Waals surface area contributed by atoms with Gasteiger partial charge in [-0.1, -0.05) is 24.3 Å². The van der Waals surface area contributed by atoms with Crippen molar-refractivity contribution in [3.8, 4) is 28.4 Å². The zero-order chi connectivity index (χ0) is 42.0. The van der Waals surface area contributed by atoms with Crippen LogP contribution in [0.3, 0.4) is 0 Å². The summed E-state index contributed by atoms with van der Waals surface area (Å²) in [6.07, 6.45) is 6.95. The van der Waals surface area contributed by atoms with Crippen LogP contribution in [0.15, 0.2) is 91.3 Å². The number of halogens is 2. The fourth-order valence-corrected chi connectivity index (χ4v) is 8.64. The molecule has 0 unspecified atom stereocenters. The molecule has 0 radical (unpaired) electrons. The number of carbonyl (C=O) groups excluding carboxylic acids is 1. The normalized spacial score (nSPS) is 15.7. The van der Waals surface area contributed by atoms with Crippen LogP contribution in [0.25, 0.3) is 28.3 Å². The van der Waals surface area contributed by atoms with Crippen molar-refractivity contribution in [3.05, 3.63) is 114 Å². The predicted molar refractivity (Wildman–Crippen MR) is 230 cm³/mol. The van der Waals surface area contributed by atoms with E-state index < -0.39 is 33.1 Å². The van der Waals surface area contributed by atoms with Crippen molar-refractivity contribution >= 4 is 44.4 Å². The lowest BCUT2D eigenvalue weighted by Gasteiger charge is -2.43. The van der Waals surface area contributed by atoms with Crippen molar-refractivity contribution < 1.29 is 26.7 Å². The summed E-state index contributed by atoms with van der Waals surface area (Å²) in [5.41, 5.74) is 5.46. The molecule has 2 fully saturated rings. The highest BCUT2D eigenvalue weighted by Gasteiger charge is 2.28. The Morgan fingerprint density at radius 3 is 2.38 bits per heavy atom. The number of piperidine rings is 1. The van der Waals surface area contributed by atoms with Crippen LogP contribution in [0.2, 0.25) is 0 Å². The summed E-state index contributed by atoms with van der Waals surface area (Å²) in [6, 6.07) is 22.4. The molecule has 13 nitrogen and oxygen atoms in total. The predicted octanol–water partition coefficient (Wildman–Crippen LogP) is 6.68. The number of hydrogen-bond donors (Lipinski definition) is 2. The van der Waals surface area contributed by atoms with E-state index >= 15 is 0 Å². The Balaban J connectivity index is 0.986. The molecule has 312 valence electrons. The molecule has 0 aliphatic carbocycles. The molecule has 3 aromatic carbocycles. The first kappa shape index (κ1) is 40.8. The van der Waals surface area contributed by atoms with Crippen LogP contribution in [-0.4, -0.2) is 114 Å². The quantitative estimate of drug-likeness (QED) is 0.137. The second-order valence-electron chi connectivity index (χ2n) is 15.3. The number of aromatic nitrogens is 4. The van der Waals surface area contributed by atoms with E-state index in [1.165, 1.54) is 12.3 Å². The van der Waals surface area contributed by atoms with Crippen molar-refractivity contribution in [2.45, 2.75) is 25.8 Å². The van der Waals surface area contributed by atoms with Gasteiger partial charge in [0.25, 0.3) is 5.91 Å². The van der Waals surface area contributed by atoms with Gasteiger partial charge in [0.1, 0.15) is 38.6 Å². The number of benzene rings is 3. The van der Waals surface area contributed by atoms with Gasteiger partial charge in [-0.2, -0.15) is 0 Å². The standard InChI is InChI=1S/C44H47F2N9O4S/c1-29-7-6-18-55-41(39(50-42(29)55)30-8-4-9-31(27-30)43(56)51-40-34(45)10-5-11-35(40)46)37-14-17-47-44(49-37)48-36-13-12-33(28-38(36)59-2)53-19-15-32(16-20-53)54-23-21-52(22-24-54)25-26-60(3,57)58/h4-14,17-18,27-28,32H,15-16,19-26H2,1-3H3,(H,51,56)(H,47,48,49). The zero-order valence-corrected chi connectivity index (χ0v) is 34.6. The number of hydrogen-bond acceptors (Lipinski definition) is 11. The number of methoxy groups -OCH3 is 1. The van der Waals surface area contributed by atoms with Gasteiger partial charge in [-0.05, 0) is 73.9 Å². The third kappa shape index (κ3) is 8.95. The number of aryl methyl sites for hydroxylation is 1. The number of rotatable bonds is 12. The number of nitrogens with one attached hydrogen (secondary N) is 2. The van der Waals surface area contributed by atoms with E-state index in [1.807, 2.05) is 47.9 Å². The molecule has 16 heteroatoms. The number of nitrogens with zero attached hydrogens (tertiary/aromatic N) is 7. The summed E-state index contributed by atoms with van der Waals surface area (Å²) in [5, 5.41) is 5.71. The largest absolute Gasteiger partial charge is 0.494 e. The fraction of sp³-hybridized carbons (Fsp3) is 0.318. The lowest BCUT2D eigenvalue weighted by atomic mass is 10.0. The SMILES string of the molecule is COc1cc(N2CCC(N3CCN(CCS(C)(=O)=O)CC3)CC2)ccc1Nc1nccc(-c2c(-c3cccc(C(=O)Nc4c(F)cccc4F)c3)nc3c(C)cccn23)n1. The number of piperazine rings is 1. The lowest BCUT2D eigenvalue weighted by molar-refractivity contribution is 0.0882. The fourth-order valence-electron chi connectivity index (χ4n) is 8.05. The zero-order valence-electron chi connectivity index (χ0n) is 33.7. The van der Waals surface area contributed by atoms with Gasteiger partial charge in [-0.3, -0.25) is 19.0 Å². The highest BCUT2D eigenvalue weighted by molar-refractivity contribution is 7.90. The maximum absolute atomic E-state index is 14.4. The number of sulfone groups is 1. The number of imidazole rings is 1. The Kier molecular flexibility index (Phi) is 11.8. The van der Waals surface area contributed by atoms with E-state index in [1.54, 1.807) is 37.6 Å². The van der Waals surface area contributed by atoms with Crippen LogP contribution in [0.4, 0.5) is 31.8 Å². The summed E-state index contributed by atoms with van der Waals surface area (Å²) in [5.74, 6) is -1.22. The van der Waals surface area contributed by atoms with Gasteiger partial charge >= 0.3 is 0 Å². The molecule has 0 bridgehead atoms. The summed E-state index contributed by atoms with van der Waals surface area (Å²) in [6.45, 7) is 8.09. The summed E-state index contributed by atoms with van der Waals surface area (Å²) >= 11 is 0. The van der Waals surface area contributed by atoms with Gasteiger partial charge < -0.3 is 20.3 Å². The molecule has 2 aliphatic heterocycles. The van der Waals surface area contributed by atoms with Gasteiger partial charge in [0.2, 0.25) is 5.95 Å². The highest BCUT2D eigenvalue weighted by atomic mass is 32.2. The Morgan fingerprint density at radius 1 is 0.900 bits per heavy atom. The molecule has 3 aromatic heterocycles. The summed E-state index contributed by atoms with van der Waals surface area (Å²) in [4.78, 5) is 34.9. The van der Waals surface area contributed by atoms with Crippen molar-refractivity contribution in [3.63, 3.8) is 0 Å². The molecule has 8 rings (SSSR count). The Bertz CT molecular complexity index is 2620. The minimum absolute atomic E-state index is 0.193. The van der Waals surface area contributed by atoms with Crippen molar-refractivity contribution in [1.29, 1.82) is 0 Å². The van der Waals surface area contributed by atoms with Gasteiger partial charge in [-0.15, -0.1) is 0 Å². The van der Waals surface area contributed by atoms with Gasteiger partial charge in [0.15, 0.2) is 0 Å².